The van der Waals surface area contributed by atoms with Crippen LogP contribution in [0.5, 0.6) is 0 Å². The Morgan fingerprint density at radius 2 is 2.00 bits per heavy atom. The van der Waals surface area contributed by atoms with Gasteiger partial charge in [-0.3, -0.25) is 9.69 Å². The average molecular weight is 279 g/mol. The molecule has 2 aliphatic carbocycles. The van der Waals surface area contributed by atoms with Crippen molar-refractivity contribution < 1.29 is 9.53 Å². The fourth-order valence-electron chi connectivity index (χ4n) is 4.58. The van der Waals surface area contributed by atoms with Crippen LogP contribution in [0.3, 0.4) is 0 Å². The van der Waals surface area contributed by atoms with E-state index in [1.807, 2.05) is 20.8 Å². The van der Waals surface area contributed by atoms with Gasteiger partial charge in [-0.25, -0.2) is 0 Å². The molecule has 3 rings (SSSR count). The maximum Gasteiger partial charge on any atom is 0.323 e. The lowest BCUT2D eigenvalue weighted by molar-refractivity contribution is -0.160. The zero-order valence-electron chi connectivity index (χ0n) is 13.2. The topological polar surface area (TPSA) is 29.5 Å². The number of fused-ring (bicyclic) bond motifs is 2. The molecule has 0 spiro atoms. The van der Waals surface area contributed by atoms with Crippen LogP contribution >= 0.6 is 0 Å². The molecule has 3 heteroatoms. The van der Waals surface area contributed by atoms with E-state index in [2.05, 4.69) is 4.90 Å². The zero-order chi connectivity index (χ0) is 14.3. The van der Waals surface area contributed by atoms with Crippen LogP contribution in [0, 0.1) is 17.8 Å². The molecule has 3 fully saturated rings. The number of hydrogen-bond donors (Lipinski definition) is 0. The van der Waals surface area contributed by atoms with Crippen LogP contribution in [0.4, 0.5) is 0 Å². The van der Waals surface area contributed by atoms with Gasteiger partial charge in [0.05, 0.1) is 0 Å². The third-order valence-corrected chi connectivity index (χ3v) is 5.40. The first-order valence-corrected chi connectivity index (χ1v) is 8.39. The van der Waals surface area contributed by atoms with Crippen molar-refractivity contribution in [1.82, 2.24) is 4.90 Å². The lowest BCUT2D eigenvalue weighted by Crippen LogP contribution is -2.43. The molecule has 0 aromatic carbocycles. The van der Waals surface area contributed by atoms with Crippen molar-refractivity contribution in [2.24, 2.45) is 17.8 Å². The van der Waals surface area contributed by atoms with Crippen LogP contribution in [0.1, 0.15) is 59.3 Å². The Kier molecular flexibility index (Phi) is 3.83. The van der Waals surface area contributed by atoms with Gasteiger partial charge in [-0.15, -0.1) is 0 Å². The predicted molar refractivity (Wildman–Crippen MR) is 79.4 cm³/mol. The molecule has 1 heterocycles. The van der Waals surface area contributed by atoms with Crippen LogP contribution < -0.4 is 0 Å². The number of esters is 1. The molecule has 0 radical (unpaired) electrons. The van der Waals surface area contributed by atoms with Gasteiger partial charge in [-0.1, -0.05) is 6.42 Å². The smallest absolute Gasteiger partial charge is 0.323 e. The Morgan fingerprint density at radius 1 is 1.20 bits per heavy atom. The van der Waals surface area contributed by atoms with Crippen molar-refractivity contribution in [3.63, 3.8) is 0 Å². The highest BCUT2D eigenvalue weighted by molar-refractivity contribution is 5.76. The molecule has 0 N–H and O–H groups in total. The minimum atomic E-state index is -0.363. The Morgan fingerprint density at radius 3 is 2.60 bits per heavy atom. The molecule has 2 bridgehead atoms. The van der Waals surface area contributed by atoms with Crippen molar-refractivity contribution in [2.45, 2.75) is 70.9 Å². The molecule has 114 valence electrons. The van der Waals surface area contributed by atoms with Crippen LogP contribution in [0.15, 0.2) is 0 Å². The lowest BCUT2D eigenvalue weighted by Gasteiger charge is -2.31. The van der Waals surface area contributed by atoms with E-state index in [0.29, 0.717) is 0 Å². The third kappa shape index (κ3) is 3.03. The normalized spacial score (nSPS) is 37.5. The molecule has 3 unspecified atom stereocenters. The van der Waals surface area contributed by atoms with E-state index >= 15 is 0 Å². The van der Waals surface area contributed by atoms with E-state index in [0.717, 1.165) is 43.7 Å². The van der Waals surface area contributed by atoms with Crippen LogP contribution in [0.2, 0.25) is 0 Å². The molecule has 20 heavy (non-hydrogen) atoms. The van der Waals surface area contributed by atoms with E-state index in [-0.39, 0.29) is 17.6 Å². The zero-order valence-corrected chi connectivity index (χ0v) is 13.2. The summed E-state index contributed by atoms with van der Waals surface area (Å²) in [5.41, 5.74) is -0.363. The van der Waals surface area contributed by atoms with Crippen molar-refractivity contribution in [3.05, 3.63) is 0 Å². The second-order valence-electron chi connectivity index (χ2n) is 8.12. The summed E-state index contributed by atoms with van der Waals surface area (Å²) in [5.74, 6) is 2.78. The molecule has 1 aliphatic heterocycles. The number of likely N-dealkylation sites (tertiary alicyclic amines) is 1. The second kappa shape index (κ2) is 5.32. The van der Waals surface area contributed by atoms with Gasteiger partial charge >= 0.3 is 5.97 Å². The first kappa shape index (κ1) is 14.4. The van der Waals surface area contributed by atoms with Crippen molar-refractivity contribution in [3.8, 4) is 0 Å². The summed E-state index contributed by atoms with van der Waals surface area (Å²) in [4.78, 5) is 14.8. The van der Waals surface area contributed by atoms with Crippen molar-refractivity contribution in [1.29, 1.82) is 0 Å². The number of hydrogen-bond acceptors (Lipinski definition) is 3. The summed E-state index contributed by atoms with van der Waals surface area (Å²) in [6, 6.07) is 0.0216. The standard InChI is InChI=1S/C17H29NO2/c1-17(2,3)20-16(19)15-5-4-8-18(15)11-14-10-12-6-7-13(14)9-12/h12-15H,4-11H2,1-3H3/t12?,13?,14?,15-/m1/s1. The number of carbonyl (C=O) groups excluding carboxylic acids is 1. The first-order valence-electron chi connectivity index (χ1n) is 8.39. The number of carbonyl (C=O) groups is 1. The van der Waals surface area contributed by atoms with Gasteiger partial charge in [0.1, 0.15) is 11.6 Å². The summed E-state index contributed by atoms with van der Waals surface area (Å²) < 4.78 is 5.60. The average Bonchev–Trinajstić information content (AvgIpc) is 3.01. The minimum absolute atomic E-state index is 0.00171. The molecule has 0 aromatic rings. The number of rotatable bonds is 3. The summed E-state index contributed by atoms with van der Waals surface area (Å²) in [6.45, 7) is 8.09. The minimum Gasteiger partial charge on any atom is -0.459 e. The molecule has 0 amide bonds. The monoisotopic (exact) mass is 279 g/mol. The van der Waals surface area contributed by atoms with Gasteiger partial charge < -0.3 is 4.74 Å². The Labute approximate surface area is 123 Å². The van der Waals surface area contributed by atoms with Crippen LogP contribution in [-0.2, 0) is 9.53 Å². The number of ether oxygens (including phenoxy) is 1. The fourth-order valence-corrected chi connectivity index (χ4v) is 4.58. The number of nitrogens with zero attached hydrogens (tertiary/aromatic N) is 1. The quantitative estimate of drug-likeness (QED) is 0.743. The maximum atomic E-state index is 12.3. The highest BCUT2D eigenvalue weighted by atomic mass is 16.6. The molecular formula is C17H29NO2. The van der Waals surface area contributed by atoms with Crippen molar-refractivity contribution in [2.75, 3.05) is 13.1 Å². The van der Waals surface area contributed by atoms with Crippen LogP contribution in [-0.4, -0.2) is 35.6 Å². The largest absolute Gasteiger partial charge is 0.459 e. The Bertz CT molecular complexity index is 374. The summed E-state index contributed by atoms with van der Waals surface area (Å²) in [5, 5.41) is 0. The predicted octanol–water partition coefficient (Wildman–Crippen LogP) is 3.23. The third-order valence-electron chi connectivity index (χ3n) is 5.40. The molecule has 4 atom stereocenters. The SMILES string of the molecule is CC(C)(C)OC(=O)[C@H]1CCCN1CC1CC2CCC1C2. The highest BCUT2D eigenvalue weighted by Gasteiger charge is 2.42. The van der Waals surface area contributed by atoms with Gasteiger partial charge in [-0.2, -0.15) is 0 Å². The van der Waals surface area contributed by atoms with Crippen molar-refractivity contribution >= 4 is 5.97 Å². The molecule has 1 saturated heterocycles. The maximum absolute atomic E-state index is 12.3. The Balaban J connectivity index is 1.57. The van der Waals surface area contributed by atoms with E-state index < -0.39 is 0 Å². The van der Waals surface area contributed by atoms with Gasteiger partial charge in [0.2, 0.25) is 0 Å². The van der Waals surface area contributed by atoms with E-state index in [1.165, 1.54) is 25.7 Å². The summed E-state index contributed by atoms with van der Waals surface area (Å²) in [7, 11) is 0. The molecule has 0 aromatic heterocycles. The van der Waals surface area contributed by atoms with E-state index in [9.17, 15) is 4.79 Å². The lowest BCUT2D eigenvalue weighted by atomic mass is 9.88. The van der Waals surface area contributed by atoms with Gasteiger partial charge in [0.25, 0.3) is 0 Å². The molecule has 2 saturated carbocycles. The molecular weight excluding hydrogens is 250 g/mol. The first-order chi connectivity index (χ1) is 9.42. The Hall–Kier alpha value is -0.570. The van der Waals surface area contributed by atoms with Gasteiger partial charge in [0.15, 0.2) is 0 Å². The van der Waals surface area contributed by atoms with E-state index in [4.69, 9.17) is 4.74 Å². The fraction of sp³-hybridized carbons (Fsp3) is 0.941. The summed E-state index contributed by atoms with van der Waals surface area (Å²) >= 11 is 0. The second-order valence-corrected chi connectivity index (χ2v) is 8.12. The van der Waals surface area contributed by atoms with Crippen LogP contribution in [0.25, 0.3) is 0 Å². The molecule has 3 nitrogen and oxygen atoms in total. The molecule has 3 aliphatic rings. The van der Waals surface area contributed by atoms with Gasteiger partial charge in [0, 0.05) is 6.54 Å². The summed E-state index contributed by atoms with van der Waals surface area (Å²) in [6.07, 6.45) is 7.87. The van der Waals surface area contributed by atoms with E-state index in [1.54, 1.807) is 0 Å². The van der Waals surface area contributed by atoms with Gasteiger partial charge in [-0.05, 0) is 77.2 Å². The highest BCUT2D eigenvalue weighted by Crippen LogP contribution is 2.48.